The van der Waals surface area contributed by atoms with Crippen LogP contribution in [0.4, 0.5) is 0 Å². The Morgan fingerprint density at radius 3 is 1.94 bits per heavy atom. The maximum Gasteiger partial charge on any atom is 0.238 e. The number of amides is 1. The largest absolute Gasteiger partial charge is 0.368 e. The lowest BCUT2D eigenvalue weighted by Crippen LogP contribution is -2.28. The summed E-state index contributed by atoms with van der Waals surface area (Å²) in [5.74, 6) is -0.516. The van der Waals surface area contributed by atoms with E-state index in [1.165, 1.54) is 0 Å². The van der Waals surface area contributed by atoms with Crippen molar-refractivity contribution in [2.24, 2.45) is 11.5 Å². The summed E-state index contributed by atoms with van der Waals surface area (Å²) in [6.07, 6.45) is 0. The number of nitrogens with two attached hydrogens (primary N) is 2. The predicted molar refractivity (Wildman–Crippen MR) is 68.0 cm³/mol. The van der Waals surface area contributed by atoms with Gasteiger partial charge >= 0.3 is 0 Å². The first-order valence-electron chi connectivity index (χ1n) is 5.39. The van der Waals surface area contributed by atoms with Gasteiger partial charge in [0.15, 0.2) is 0 Å². The summed E-state index contributed by atoms with van der Waals surface area (Å²) >= 11 is 0. The fourth-order valence-electron chi connectivity index (χ4n) is 1.68. The standard InChI is InChI=1S/C14H14N2O/c15-13(14(16)17)12-8-6-11(7-9-12)10-4-2-1-3-5-10/h1-9,13H,15H2,(H2,16,17). The summed E-state index contributed by atoms with van der Waals surface area (Å²) in [7, 11) is 0. The molecule has 0 aliphatic rings. The van der Waals surface area contributed by atoms with Crippen LogP contribution in [0.25, 0.3) is 11.1 Å². The van der Waals surface area contributed by atoms with Crippen molar-refractivity contribution >= 4 is 5.91 Å². The van der Waals surface area contributed by atoms with Gasteiger partial charge in [0.2, 0.25) is 5.91 Å². The Hall–Kier alpha value is -2.13. The number of hydrogen-bond acceptors (Lipinski definition) is 2. The van der Waals surface area contributed by atoms with Gasteiger partial charge in [-0.2, -0.15) is 0 Å². The third-order valence-electron chi connectivity index (χ3n) is 2.68. The molecule has 1 atom stereocenters. The molecular formula is C14H14N2O. The Labute approximate surface area is 100 Å². The molecule has 1 unspecified atom stereocenters. The van der Waals surface area contributed by atoms with Crippen molar-refractivity contribution in [1.82, 2.24) is 0 Å². The van der Waals surface area contributed by atoms with Crippen LogP contribution in [-0.2, 0) is 4.79 Å². The fraction of sp³-hybridized carbons (Fsp3) is 0.0714. The Morgan fingerprint density at radius 2 is 1.41 bits per heavy atom. The molecule has 0 aliphatic carbocycles. The van der Waals surface area contributed by atoms with E-state index in [9.17, 15) is 4.79 Å². The summed E-state index contributed by atoms with van der Waals surface area (Å²) in [4.78, 5) is 11.0. The highest BCUT2D eigenvalue weighted by atomic mass is 16.1. The first-order valence-corrected chi connectivity index (χ1v) is 5.39. The lowest BCUT2D eigenvalue weighted by atomic mass is 10.0. The zero-order chi connectivity index (χ0) is 12.3. The van der Waals surface area contributed by atoms with Gasteiger partial charge in [0.1, 0.15) is 6.04 Å². The molecule has 0 heterocycles. The smallest absolute Gasteiger partial charge is 0.238 e. The molecule has 0 spiro atoms. The molecule has 0 fully saturated rings. The number of benzene rings is 2. The van der Waals surface area contributed by atoms with Gasteiger partial charge in [-0.1, -0.05) is 54.6 Å². The van der Waals surface area contributed by atoms with Crippen molar-refractivity contribution in [1.29, 1.82) is 0 Å². The number of carbonyl (C=O) groups excluding carboxylic acids is 1. The van der Waals surface area contributed by atoms with Crippen LogP contribution in [0.5, 0.6) is 0 Å². The second-order valence-electron chi connectivity index (χ2n) is 3.87. The third-order valence-corrected chi connectivity index (χ3v) is 2.68. The highest BCUT2D eigenvalue weighted by Crippen LogP contribution is 2.20. The van der Waals surface area contributed by atoms with Crippen LogP contribution in [0.1, 0.15) is 11.6 Å². The lowest BCUT2D eigenvalue weighted by molar-refractivity contribution is -0.119. The van der Waals surface area contributed by atoms with E-state index >= 15 is 0 Å². The second kappa shape index (κ2) is 4.80. The third kappa shape index (κ3) is 2.52. The van der Waals surface area contributed by atoms with E-state index in [0.717, 1.165) is 16.7 Å². The number of hydrogen-bond donors (Lipinski definition) is 2. The van der Waals surface area contributed by atoms with Crippen LogP contribution in [0.3, 0.4) is 0 Å². The van der Waals surface area contributed by atoms with Crippen LogP contribution in [0, 0.1) is 0 Å². The highest BCUT2D eigenvalue weighted by molar-refractivity contribution is 5.81. The number of primary amides is 1. The van der Waals surface area contributed by atoms with Gasteiger partial charge in [-0.3, -0.25) is 4.79 Å². The van der Waals surface area contributed by atoms with Crippen molar-refractivity contribution in [2.45, 2.75) is 6.04 Å². The summed E-state index contributed by atoms with van der Waals surface area (Å²) in [5, 5.41) is 0. The molecular weight excluding hydrogens is 212 g/mol. The average Bonchev–Trinajstić information content (AvgIpc) is 2.39. The van der Waals surface area contributed by atoms with E-state index in [4.69, 9.17) is 11.5 Å². The maximum atomic E-state index is 11.0. The summed E-state index contributed by atoms with van der Waals surface area (Å²) in [6, 6.07) is 16.8. The average molecular weight is 226 g/mol. The molecule has 4 N–H and O–H groups in total. The fourth-order valence-corrected chi connectivity index (χ4v) is 1.68. The Bertz CT molecular complexity index is 506. The second-order valence-corrected chi connectivity index (χ2v) is 3.87. The molecule has 17 heavy (non-hydrogen) atoms. The van der Waals surface area contributed by atoms with E-state index in [2.05, 4.69) is 0 Å². The van der Waals surface area contributed by atoms with Crippen LogP contribution in [0.15, 0.2) is 54.6 Å². The minimum Gasteiger partial charge on any atom is -0.368 e. The van der Waals surface area contributed by atoms with Gasteiger partial charge in [0.05, 0.1) is 0 Å². The Balaban J connectivity index is 2.28. The molecule has 2 aromatic rings. The molecule has 0 aliphatic heterocycles. The van der Waals surface area contributed by atoms with Crippen molar-refractivity contribution in [3.63, 3.8) is 0 Å². The molecule has 0 aromatic heterocycles. The molecule has 2 rings (SSSR count). The van der Waals surface area contributed by atoms with Crippen LogP contribution in [-0.4, -0.2) is 5.91 Å². The van der Waals surface area contributed by atoms with E-state index in [-0.39, 0.29) is 0 Å². The SMILES string of the molecule is NC(=O)C(N)c1ccc(-c2ccccc2)cc1. The number of rotatable bonds is 3. The number of carbonyl (C=O) groups is 1. The quantitative estimate of drug-likeness (QED) is 0.838. The van der Waals surface area contributed by atoms with Gasteiger partial charge in [-0.15, -0.1) is 0 Å². The van der Waals surface area contributed by atoms with Crippen molar-refractivity contribution in [2.75, 3.05) is 0 Å². The van der Waals surface area contributed by atoms with Gasteiger partial charge in [0, 0.05) is 0 Å². The van der Waals surface area contributed by atoms with Crippen LogP contribution < -0.4 is 11.5 Å². The molecule has 3 nitrogen and oxygen atoms in total. The molecule has 1 amide bonds. The maximum absolute atomic E-state index is 11.0. The van der Waals surface area contributed by atoms with Crippen LogP contribution in [0.2, 0.25) is 0 Å². The lowest BCUT2D eigenvalue weighted by Gasteiger charge is -2.08. The minimum absolute atomic E-state index is 0.516. The molecule has 0 bridgehead atoms. The van der Waals surface area contributed by atoms with Crippen molar-refractivity contribution in [3.8, 4) is 11.1 Å². The van der Waals surface area contributed by atoms with Crippen LogP contribution >= 0.6 is 0 Å². The Morgan fingerprint density at radius 1 is 0.882 bits per heavy atom. The molecule has 0 radical (unpaired) electrons. The summed E-state index contributed by atoms with van der Waals surface area (Å²) in [6.45, 7) is 0. The first kappa shape index (κ1) is 11.4. The normalized spacial score (nSPS) is 12.1. The predicted octanol–water partition coefficient (Wildman–Crippen LogP) is 1.84. The molecule has 0 saturated carbocycles. The summed E-state index contributed by atoms with van der Waals surface area (Å²) in [5.41, 5.74) is 13.8. The molecule has 0 saturated heterocycles. The zero-order valence-electron chi connectivity index (χ0n) is 9.34. The van der Waals surface area contributed by atoms with Gasteiger partial charge in [-0.25, -0.2) is 0 Å². The van der Waals surface area contributed by atoms with Gasteiger partial charge < -0.3 is 11.5 Å². The first-order chi connectivity index (χ1) is 8.18. The minimum atomic E-state index is -0.736. The van der Waals surface area contributed by atoms with E-state index in [0.29, 0.717) is 0 Å². The van der Waals surface area contributed by atoms with Crippen molar-refractivity contribution < 1.29 is 4.79 Å². The monoisotopic (exact) mass is 226 g/mol. The van der Waals surface area contributed by atoms with E-state index in [1.807, 2.05) is 54.6 Å². The van der Waals surface area contributed by atoms with E-state index in [1.54, 1.807) is 0 Å². The molecule has 3 heteroatoms. The van der Waals surface area contributed by atoms with Crippen molar-refractivity contribution in [3.05, 3.63) is 60.2 Å². The topological polar surface area (TPSA) is 69.1 Å². The van der Waals surface area contributed by atoms with E-state index < -0.39 is 11.9 Å². The summed E-state index contributed by atoms with van der Waals surface area (Å²) < 4.78 is 0. The van der Waals surface area contributed by atoms with Gasteiger partial charge in [-0.05, 0) is 16.7 Å². The molecule has 86 valence electrons. The van der Waals surface area contributed by atoms with Gasteiger partial charge in [0.25, 0.3) is 0 Å². The molecule has 2 aromatic carbocycles. The highest BCUT2D eigenvalue weighted by Gasteiger charge is 2.11. The zero-order valence-corrected chi connectivity index (χ0v) is 9.34. The Kier molecular flexibility index (Phi) is 3.21.